The van der Waals surface area contributed by atoms with E-state index in [9.17, 15) is 27.2 Å². The van der Waals surface area contributed by atoms with Gasteiger partial charge in [0, 0.05) is 25.1 Å². The second-order valence-corrected chi connectivity index (χ2v) is 8.05. The van der Waals surface area contributed by atoms with Crippen molar-refractivity contribution >= 4 is 29.1 Å². The van der Waals surface area contributed by atoms with Crippen molar-refractivity contribution in [3.8, 4) is 11.5 Å². The zero-order valence-corrected chi connectivity index (χ0v) is 20.3. The van der Waals surface area contributed by atoms with Gasteiger partial charge < -0.3 is 19.5 Å². The fraction of sp³-hybridized carbons (Fsp3) is 0.391. The van der Waals surface area contributed by atoms with Gasteiger partial charge in [-0.2, -0.15) is 13.2 Å². The number of methoxy groups -OCH3 is 1. The Balaban J connectivity index is 2.15. The number of pyridine rings is 1. The highest BCUT2D eigenvalue weighted by molar-refractivity contribution is 7.80. The molecule has 7 nitrogen and oxygen atoms in total. The van der Waals surface area contributed by atoms with Crippen molar-refractivity contribution < 1.29 is 41.4 Å². The average molecular weight is 517 g/mol. The number of hydrogen-bond donors (Lipinski definition) is 1. The molecule has 0 fully saturated rings. The lowest BCUT2D eigenvalue weighted by atomic mass is 9.91. The Bertz CT molecular complexity index is 1110. The number of nitrogens with zero attached hydrogens (tertiary/aromatic N) is 1. The maximum atomic E-state index is 13.4. The van der Waals surface area contributed by atoms with E-state index in [1.165, 1.54) is 47.1 Å². The van der Waals surface area contributed by atoms with Crippen LogP contribution in [0.15, 0.2) is 30.5 Å². The quantitative estimate of drug-likeness (QED) is 0.311. The number of thiocarbonyl (C=S) groups is 1. The minimum absolute atomic E-state index is 0.0387. The van der Waals surface area contributed by atoms with Crippen molar-refractivity contribution in [3.63, 3.8) is 0 Å². The van der Waals surface area contributed by atoms with Gasteiger partial charge in [-0.05, 0) is 31.5 Å². The third kappa shape index (κ3) is 7.10. The number of hydrogen-bond acceptors (Lipinski definition) is 7. The Hall–Kier alpha value is -3.28. The highest BCUT2D eigenvalue weighted by Crippen LogP contribution is 2.37. The van der Waals surface area contributed by atoms with E-state index < -0.39 is 47.6 Å². The van der Waals surface area contributed by atoms with Crippen molar-refractivity contribution in [1.29, 1.82) is 0 Å². The fourth-order valence-electron chi connectivity index (χ4n) is 3.13. The van der Waals surface area contributed by atoms with Crippen LogP contribution >= 0.6 is 12.2 Å². The summed E-state index contributed by atoms with van der Waals surface area (Å²) in [7, 11) is 1.36. The van der Waals surface area contributed by atoms with Crippen LogP contribution in [-0.4, -0.2) is 41.2 Å². The Morgan fingerprint density at radius 1 is 1.14 bits per heavy atom. The highest BCUT2D eigenvalue weighted by Gasteiger charge is 2.36. The lowest BCUT2D eigenvalue weighted by molar-refractivity contribution is -0.151. The molecule has 0 radical (unpaired) electrons. The van der Waals surface area contributed by atoms with Gasteiger partial charge >= 0.3 is 18.1 Å². The topological polar surface area (TPSA) is 86.8 Å². The minimum atomic E-state index is -4.78. The van der Waals surface area contributed by atoms with Gasteiger partial charge in [0.25, 0.3) is 0 Å². The summed E-state index contributed by atoms with van der Waals surface area (Å²) in [4.78, 5) is 28.1. The molecule has 190 valence electrons. The molecule has 35 heavy (non-hydrogen) atoms. The molecular weight excluding hydrogens is 492 g/mol. The lowest BCUT2D eigenvalue weighted by Gasteiger charge is -2.25. The van der Waals surface area contributed by atoms with Crippen LogP contribution in [0.1, 0.15) is 50.4 Å². The van der Waals surface area contributed by atoms with Gasteiger partial charge in [-0.25, -0.2) is 14.2 Å². The number of halogens is 4. The van der Waals surface area contributed by atoms with Crippen LogP contribution in [0.4, 0.5) is 17.6 Å². The van der Waals surface area contributed by atoms with E-state index in [1.54, 1.807) is 0 Å². The molecule has 0 unspecified atom stereocenters. The first-order chi connectivity index (χ1) is 16.3. The Kier molecular flexibility index (Phi) is 9.13. The zero-order chi connectivity index (χ0) is 26.5. The van der Waals surface area contributed by atoms with Crippen LogP contribution in [-0.2, 0) is 20.5 Å². The second-order valence-electron chi connectivity index (χ2n) is 7.64. The lowest BCUT2D eigenvalue weighted by Crippen LogP contribution is -2.41. The van der Waals surface area contributed by atoms with Crippen molar-refractivity contribution in [2.45, 2.75) is 51.9 Å². The normalized spacial score (nSPS) is 13.9. The van der Waals surface area contributed by atoms with Crippen LogP contribution in [0.2, 0.25) is 0 Å². The molecule has 0 saturated carbocycles. The third-order valence-electron chi connectivity index (χ3n) is 5.07. The summed E-state index contributed by atoms with van der Waals surface area (Å²) in [5.74, 6) is -3.23. The first-order valence-corrected chi connectivity index (χ1v) is 10.8. The summed E-state index contributed by atoms with van der Waals surface area (Å²) in [5, 5.41) is 2.71. The van der Waals surface area contributed by atoms with Gasteiger partial charge in [-0.3, -0.25) is 4.79 Å². The van der Waals surface area contributed by atoms with Crippen LogP contribution in [0.5, 0.6) is 11.5 Å². The van der Waals surface area contributed by atoms with Gasteiger partial charge in [-0.1, -0.05) is 25.2 Å². The Labute approximate surface area is 204 Å². The van der Waals surface area contributed by atoms with Crippen molar-refractivity contribution in [3.05, 3.63) is 53.1 Å². The van der Waals surface area contributed by atoms with E-state index >= 15 is 0 Å². The van der Waals surface area contributed by atoms with Gasteiger partial charge in [0.2, 0.25) is 5.75 Å². The second kappa shape index (κ2) is 11.4. The van der Waals surface area contributed by atoms with Gasteiger partial charge in [0.05, 0.1) is 12.7 Å². The molecule has 1 heterocycles. The molecule has 2 rings (SSSR count). The molecule has 3 atom stereocenters. The van der Waals surface area contributed by atoms with E-state index in [1.807, 2.05) is 0 Å². The monoisotopic (exact) mass is 516 g/mol. The molecular formula is C23H24F4N2O5S. The molecule has 0 aliphatic heterocycles. The summed E-state index contributed by atoms with van der Waals surface area (Å²) >= 11 is 5.29. The predicted octanol–water partition coefficient (Wildman–Crippen LogP) is 4.56. The number of aromatic nitrogens is 1. The molecule has 1 aromatic heterocycles. The van der Waals surface area contributed by atoms with Gasteiger partial charge in [0.15, 0.2) is 5.75 Å². The van der Waals surface area contributed by atoms with Crippen molar-refractivity contribution in [2.24, 2.45) is 0 Å². The Morgan fingerprint density at radius 2 is 1.80 bits per heavy atom. The van der Waals surface area contributed by atoms with E-state index in [0.29, 0.717) is 6.07 Å². The first-order valence-electron chi connectivity index (χ1n) is 10.4. The smallest absolute Gasteiger partial charge is 0.416 e. The van der Waals surface area contributed by atoms with Gasteiger partial charge in [-0.15, -0.1) is 0 Å². The highest BCUT2D eigenvalue weighted by atomic mass is 32.1. The molecule has 0 bridgehead atoms. The molecule has 0 aliphatic carbocycles. The molecule has 0 amide bonds. The number of carbonyl (C=O) groups excluding carboxylic acids is 2. The first kappa shape index (κ1) is 28.0. The van der Waals surface area contributed by atoms with E-state index in [0.717, 1.165) is 12.1 Å². The molecule has 2 aromatic rings. The van der Waals surface area contributed by atoms with Crippen LogP contribution in [0.25, 0.3) is 0 Å². The molecule has 0 aliphatic rings. The van der Waals surface area contributed by atoms with E-state index in [2.05, 4.69) is 10.3 Å². The number of nitrogens with one attached hydrogen (secondary N) is 1. The summed E-state index contributed by atoms with van der Waals surface area (Å²) in [6.45, 7) is 5.48. The van der Waals surface area contributed by atoms with Crippen LogP contribution in [0, 0.1) is 5.82 Å². The van der Waals surface area contributed by atoms with Crippen LogP contribution in [0.3, 0.4) is 0 Å². The largest absolute Gasteiger partial charge is 0.493 e. The summed E-state index contributed by atoms with van der Waals surface area (Å²) < 4.78 is 69.2. The maximum Gasteiger partial charge on any atom is 0.416 e. The summed E-state index contributed by atoms with van der Waals surface area (Å²) in [6, 6.07) is 2.76. The summed E-state index contributed by atoms with van der Waals surface area (Å²) in [6.07, 6.45) is -4.40. The number of carbonyl (C=O) groups is 2. The molecule has 1 N–H and O–H groups in total. The molecule has 1 aromatic carbocycles. The predicted molar refractivity (Wildman–Crippen MR) is 122 cm³/mol. The third-order valence-corrected chi connectivity index (χ3v) is 5.38. The zero-order valence-electron chi connectivity index (χ0n) is 19.5. The fourth-order valence-corrected chi connectivity index (χ4v) is 3.45. The SMILES string of the molecule is COc1ccnc(C(=S)N[C@@H](C)C(=O)O[C@@H](C)[C@@H](C)c2ccc(F)cc2C(F)(F)F)c1OC(C)=O. The minimum Gasteiger partial charge on any atom is -0.493 e. The van der Waals surface area contributed by atoms with Crippen molar-refractivity contribution in [2.75, 3.05) is 7.11 Å². The van der Waals surface area contributed by atoms with E-state index in [4.69, 9.17) is 26.4 Å². The van der Waals surface area contributed by atoms with Crippen molar-refractivity contribution in [1.82, 2.24) is 10.3 Å². The van der Waals surface area contributed by atoms with Gasteiger partial charge in [0.1, 0.15) is 28.6 Å². The number of esters is 2. The number of alkyl halides is 3. The number of benzene rings is 1. The summed E-state index contributed by atoms with van der Waals surface area (Å²) in [5.41, 5.74) is -1.30. The number of ether oxygens (including phenoxy) is 3. The van der Waals surface area contributed by atoms with E-state index in [-0.39, 0.29) is 27.7 Å². The Morgan fingerprint density at radius 3 is 2.37 bits per heavy atom. The molecule has 0 spiro atoms. The molecule has 12 heteroatoms. The number of rotatable bonds is 8. The van der Waals surface area contributed by atoms with Crippen LogP contribution < -0.4 is 14.8 Å². The molecule has 0 saturated heterocycles. The standard InChI is InChI=1S/C23H24F4N2O5S/c1-11(16-7-6-15(24)10-17(16)23(25,26)27)13(3)33-22(31)12(2)29-21(35)19-20(34-14(4)30)18(32-5)8-9-28-19/h6-13H,1-5H3,(H,29,35)/t11-,12+,13+/m1/s1. The average Bonchev–Trinajstić information content (AvgIpc) is 2.77. The maximum absolute atomic E-state index is 13.4.